The first-order valence-corrected chi connectivity index (χ1v) is 5.64. The van der Waals surface area contributed by atoms with Crippen molar-refractivity contribution in [2.75, 3.05) is 5.32 Å². The first-order valence-electron chi connectivity index (χ1n) is 5.64. The highest BCUT2D eigenvalue weighted by atomic mass is 15.4. The second kappa shape index (κ2) is 5.46. The lowest BCUT2D eigenvalue weighted by molar-refractivity contribution is 0.768. The molecule has 0 bridgehead atoms. The van der Waals surface area contributed by atoms with Gasteiger partial charge in [0, 0.05) is 10.2 Å². The average Bonchev–Trinajstić information content (AvgIpc) is 3.18. The van der Waals surface area contributed by atoms with E-state index in [2.05, 4.69) is 66.0 Å². The monoisotopic (exact) mass is 299 g/mol. The fourth-order valence-corrected chi connectivity index (χ4v) is 1.39. The Kier molecular flexibility index (Phi) is 3.20. The zero-order valence-corrected chi connectivity index (χ0v) is 10.6. The third-order valence-electron chi connectivity index (χ3n) is 2.25. The predicted octanol–water partition coefficient (Wildman–Crippen LogP) is -0.194. The van der Waals surface area contributed by atoms with Gasteiger partial charge in [-0.2, -0.15) is 10.2 Å². The largest absolute Gasteiger partial charge is 0.585 e. The molecule has 3 rings (SSSR count). The van der Waals surface area contributed by atoms with Crippen LogP contribution in [0, 0.1) is 10.8 Å². The van der Waals surface area contributed by atoms with Crippen LogP contribution < -0.4 is 5.32 Å². The van der Waals surface area contributed by atoms with Gasteiger partial charge in [-0.05, 0) is 19.9 Å². The Labute approximate surface area is 119 Å². The van der Waals surface area contributed by atoms with Crippen LogP contribution in [0.25, 0.3) is 9.95 Å². The Morgan fingerprint density at radius 3 is 2.23 bits per heavy atom. The summed E-state index contributed by atoms with van der Waals surface area (Å²) >= 11 is 0. The lowest BCUT2D eigenvalue weighted by Gasteiger charge is -1.96. The highest BCUT2D eigenvalue weighted by Crippen LogP contribution is 2.10. The number of diazo groups is 2. The molecule has 15 heteroatoms. The lowest BCUT2D eigenvalue weighted by Crippen LogP contribution is -2.07. The third-order valence-corrected chi connectivity index (χ3v) is 2.25. The van der Waals surface area contributed by atoms with E-state index in [-0.39, 0.29) is 36.0 Å². The van der Waals surface area contributed by atoms with Gasteiger partial charge < -0.3 is 0 Å². The molecular formula is C7H5N15+2. The van der Waals surface area contributed by atoms with Gasteiger partial charge in [0.2, 0.25) is 5.82 Å². The van der Waals surface area contributed by atoms with Crippen molar-refractivity contribution >= 4 is 23.8 Å². The Hall–Kier alpha value is -4.14. The number of anilines is 2. The molecule has 0 aliphatic rings. The maximum absolute atomic E-state index is 8.49. The first kappa shape index (κ1) is 12.9. The number of rotatable bonds is 4. The number of nitrogens with one attached hydrogen (secondary N) is 3. The third kappa shape index (κ3) is 2.72. The molecule has 3 aromatic rings. The molecule has 0 aromatic carbocycles. The highest BCUT2D eigenvalue weighted by molar-refractivity contribution is 5.43. The van der Waals surface area contributed by atoms with Crippen LogP contribution in [0.3, 0.4) is 0 Å². The molecule has 0 unspecified atom stereocenters. The van der Waals surface area contributed by atoms with Crippen molar-refractivity contribution < 1.29 is 0 Å². The average molecular weight is 299 g/mol. The lowest BCUT2D eigenvalue weighted by atomic mass is 10.4. The molecule has 22 heavy (non-hydrogen) atoms. The molecule has 0 aliphatic heterocycles. The molecule has 0 aliphatic carbocycles. The summed E-state index contributed by atoms with van der Waals surface area (Å²) in [5, 5.41) is 47.0. The first-order chi connectivity index (χ1) is 10.8. The fourth-order valence-electron chi connectivity index (χ4n) is 1.39. The van der Waals surface area contributed by atoms with Gasteiger partial charge in [-0.1, -0.05) is 0 Å². The molecule has 3 N–H and O–H groups in total. The smallest absolute Gasteiger partial charge is 0.275 e. The Bertz CT molecular complexity index is 785. The van der Waals surface area contributed by atoms with Gasteiger partial charge in [0.05, 0.1) is 17.2 Å². The van der Waals surface area contributed by atoms with Crippen molar-refractivity contribution in [1.29, 1.82) is 10.8 Å². The SMILES string of the molecule is N#[N+]c1n[nH]c(Cc2nnc(Nc3nc([N+]#N)n[nH]3)nn2)n1. The van der Waals surface area contributed by atoms with E-state index in [0.717, 1.165) is 0 Å². The van der Waals surface area contributed by atoms with Crippen LogP contribution in [0.1, 0.15) is 11.6 Å². The molecule has 0 amide bonds. The van der Waals surface area contributed by atoms with Crippen LogP contribution in [0.2, 0.25) is 0 Å². The zero-order valence-electron chi connectivity index (χ0n) is 10.6. The van der Waals surface area contributed by atoms with E-state index in [1.165, 1.54) is 0 Å². The van der Waals surface area contributed by atoms with E-state index >= 15 is 0 Å². The molecule has 3 heterocycles. The van der Waals surface area contributed by atoms with Crippen LogP contribution in [0.15, 0.2) is 0 Å². The van der Waals surface area contributed by atoms with Crippen molar-refractivity contribution in [3.05, 3.63) is 21.6 Å². The van der Waals surface area contributed by atoms with Crippen LogP contribution in [0.5, 0.6) is 0 Å². The summed E-state index contributed by atoms with van der Waals surface area (Å²) in [6.45, 7) is 0. The number of aromatic nitrogens is 10. The normalized spacial score (nSPS) is 9.91. The van der Waals surface area contributed by atoms with Crippen LogP contribution >= 0.6 is 0 Å². The predicted molar refractivity (Wildman–Crippen MR) is 66.0 cm³/mol. The van der Waals surface area contributed by atoms with Gasteiger partial charge in [-0.25, -0.2) is 0 Å². The van der Waals surface area contributed by atoms with Crippen molar-refractivity contribution in [2.45, 2.75) is 6.42 Å². The Balaban J connectivity index is 1.67. The molecule has 3 aromatic heterocycles. The van der Waals surface area contributed by atoms with Crippen molar-refractivity contribution in [2.24, 2.45) is 0 Å². The summed E-state index contributed by atoms with van der Waals surface area (Å²) in [7, 11) is 0. The molecule has 0 radical (unpaired) electrons. The Morgan fingerprint density at radius 2 is 1.59 bits per heavy atom. The summed E-state index contributed by atoms with van der Waals surface area (Å²) in [6, 6.07) is 0. The summed E-state index contributed by atoms with van der Waals surface area (Å²) in [5.41, 5.74) is 0. The van der Waals surface area contributed by atoms with Gasteiger partial charge in [0.15, 0.2) is 5.82 Å². The minimum Gasteiger partial charge on any atom is -0.275 e. The Morgan fingerprint density at radius 1 is 0.909 bits per heavy atom. The summed E-state index contributed by atoms with van der Waals surface area (Å²) in [5.74, 6) is 0.651. The minimum absolute atomic E-state index is 0.0630. The van der Waals surface area contributed by atoms with Gasteiger partial charge in [-0.15, -0.1) is 20.4 Å². The fraction of sp³-hybridized carbons (Fsp3) is 0.143. The molecule has 0 saturated carbocycles. The van der Waals surface area contributed by atoms with Gasteiger partial charge in [0.25, 0.3) is 5.95 Å². The molecular weight excluding hydrogens is 294 g/mol. The van der Waals surface area contributed by atoms with E-state index in [1.54, 1.807) is 0 Å². The van der Waals surface area contributed by atoms with Crippen LogP contribution in [-0.4, -0.2) is 50.8 Å². The number of aromatic amines is 2. The van der Waals surface area contributed by atoms with Gasteiger partial charge in [-0.3, -0.25) is 5.32 Å². The molecule has 0 fully saturated rings. The number of nitrogens with zero attached hydrogens (tertiary/aromatic N) is 12. The standard InChI is InChI=1S/C7H4N15/c8-13-5-10-2(15-19-5)1-3-16-21-7(22-17-3)12-4-11-6(14-9)20-18-4/h8H,1H2,(H,10,15,19)/q+1/p+1. The van der Waals surface area contributed by atoms with Crippen LogP contribution in [0.4, 0.5) is 23.8 Å². The number of hydrogen-bond donors (Lipinski definition) is 3. The molecule has 0 atom stereocenters. The van der Waals surface area contributed by atoms with Crippen molar-refractivity contribution in [1.82, 2.24) is 50.8 Å². The van der Waals surface area contributed by atoms with Gasteiger partial charge >= 0.3 is 17.8 Å². The van der Waals surface area contributed by atoms with E-state index in [9.17, 15) is 0 Å². The van der Waals surface area contributed by atoms with E-state index < -0.39 is 0 Å². The van der Waals surface area contributed by atoms with Crippen molar-refractivity contribution in [3.63, 3.8) is 0 Å². The maximum atomic E-state index is 8.49. The number of H-pyrrole nitrogens is 2. The topological polar surface area (TPSA) is 203 Å². The second-order valence-electron chi connectivity index (χ2n) is 3.71. The maximum Gasteiger partial charge on any atom is 0.585 e. The quantitative estimate of drug-likeness (QED) is 0.538. The number of hydrogen-bond acceptors (Lipinski definition) is 11. The summed E-state index contributed by atoms with van der Waals surface area (Å²) in [4.78, 5) is 13.2. The summed E-state index contributed by atoms with van der Waals surface area (Å²) in [6.07, 6.45) is 0.179. The molecule has 0 saturated heterocycles. The second-order valence-corrected chi connectivity index (χ2v) is 3.71. The van der Waals surface area contributed by atoms with Crippen LogP contribution in [-0.2, 0) is 6.42 Å². The highest BCUT2D eigenvalue weighted by Gasteiger charge is 2.18. The minimum atomic E-state index is -0.143. The van der Waals surface area contributed by atoms with E-state index in [4.69, 9.17) is 10.8 Å². The van der Waals surface area contributed by atoms with Crippen molar-refractivity contribution in [3.8, 4) is 0 Å². The molecule has 15 nitrogen and oxygen atoms in total. The summed E-state index contributed by atoms with van der Waals surface area (Å²) < 4.78 is 0. The zero-order chi connectivity index (χ0) is 15.4. The van der Waals surface area contributed by atoms with Gasteiger partial charge in [0.1, 0.15) is 0 Å². The van der Waals surface area contributed by atoms with E-state index in [1.807, 2.05) is 0 Å². The molecule has 0 spiro atoms. The van der Waals surface area contributed by atoms with E-state index in [0.29, 0.717) is 5.82 Å². The molecule has 106 valence electrons.